The summed E-state index contributed by atoms with van der Waals surface area (Å²) in [5, 5.41) is 7.48. The summed E-state index contributed by atoms with van der Waals surface area (Å²) in [6.07, 6.45) is 7.01. The summed E-state index contributed by atoms with van der Waals surface area (Å²) in [5.74, 6) is 1.94. The van der Waals surface area contributed by atoms with Crippen molar-refractivity contribution < 1.29 is 4.79 Å². The van der Waals surface area contributed by atoms with E-state index >= 15 is 0 Å². The fourth-order valence-corrected chi connectivity index (χ4v) is 4.67. The number of fused-ring (bicyclic) bond motifs is 2. The van der Waals surface area contributed by atoms with Gasteiger partial charge in [-0.2, -0.15) is 0 Å². The van der Waals surface area contributed by atoms with Crippen molar-refractivity contribution in [2.24, 2.45) is 11.8 Å². The molecule has 1 amide bonds. The average Bonchev–Trinajstić information content (AvgIpc) is 3.25. The second kappa shape index (κ2) is 6.11. The molecule has 23 heavy (non-hydrogen) atoms. The predicted octanol–water partition coefficient (Wildman–Crippen LogP) is 3.29. The van der Waals surface area contributed by atoms with Gasteiger partial charge in [0.25, 0.3) is 0 Å². The molecule has 4 nitrogen and oxygen atoms in total. The Morgan fingerprint density at radius 2 is 2.00 bits per heavy atom. The molecule has 4 rings (SSSR count). The fraction of sp³-hybridized carbons (Fsp3) is 0.556. The second-order valence-electron chi connectivity index (χ2n) is 7.08. The van der Waals surface area contributed by atoms with Gasteiger partial charge in [-0.25, -0.2) is 0 Å². The van der Waals surface area contributed by atoms with E-state index in [9.17, 15) is 4.79 Å². The average molecular weight is 329 g/mol. The Morgan fingerprint density at radius 1 is 1.17 bits per heavy atom. The number of rotatable bonds is 3. The molecule has 1 aromatic rings. The Morgan fingerprint density at radius 3 is 2.61 bits per heavy atom. The van der Waals surface area contributed by atoms with Crippen molar-refractivity contribution in [3.05, 3.63) is 24.3 Å². The van der Waals surface area contributed by atoms with Crippen LogP contribution in [0.2, 0.25) is 0 Å². The molecule has 2 aliphatic carbocycles. The normalized spacial score (nSPS) is 29.1. The van der Waals surface area contributed by atoms with E-state index in [1.807, 2.05) is 29.2 Å². The molecule has 1 saturated heterocycles. The third-order valence-corrected chi connectivity index (χ3v) is 5.78. The standard InChI is InChI=1S/C18H23N3OS/c22-17-2-1-9-21(17)15-7-5-14(6-8-15)19-18(23)20-16-11-12-3-4-13(16)10-12/h5-8,12-13,16H,1-4,9-11H2,(H2,19,20,23)/t12-,13-,16-/m1/s1. The van der Waals surface area contributed by atoms with Gasteiger partial charge in [0, 0.05) is 30.4 Å². The summed E-state index contributed by atoms with van der Waals surface area (Å²) in [4.78, 5) is 13.6. The second-order valence-corrected chi connectivity index (χ2v) is 7.48. The Kier molecular flexibility index (Phi) is 3.97. The molecular weight excluding hydrogens is 306 g/mol. The molecule has 1 heterocycles. The molecule has 2 N–H and O–H groups in total. The largest absolute Gasteiger partial charge is 0.359 e. The lowest BCUT2D eigenvalue weighted by Crippen LogP contribution is -2.40. The Labute approximate surface area is 142 Å². The highest BCUT2D eigenvalue weighted by molar-refractivity contribution is 7.80. The summed E-state index contributed by atoms with van der Waals surface area (Å²) in [7, 11) is 0. The van der Waals surface area contributed by atoms with E-state index in [1.165, 1.54) is 25.7 Å². The van der Waals surface area contributed by atoms with Gasteiger partial charge in [-0.05, 0) is 74.0 Å². The molecule has 0 spiro atoms. The predicted molar refractivity (Wildman–Crippen MR) is 96.6 cm³/mol. The highest BCUT2D eigenvalue weighted by Crippen LogP contribution is 2.44. The topological polar surface area (TPSA) is 44.4 Å². The molecule has 1 aromatic carbocycles. The van der Waals surface area contributed by atoms with Crippen molar-refractivity contribution >= 4 is 34.6 Å². The molecule has 0 aromatic heterocycles. The zero-order chi connectivity index (χ0) is 15.8. The number of amides is 1. The minimum atomic E-state index is 0.221. The maximum absolute atomic E-state index is 11.8. The lowest BCUT2D eigenvalue weighted by atomic mass is 9.96. The lowest BCUT2D eigenvalue weighted by Gasteiger charge is -2.24. The van der Waals surface area contributed by atoms with E-state index < -0.39 is 0 Å². The van der Waals surface area contributed by atoms with E-state index in [2.05, 4.69) is 10.6 Å². The van der Waals surface area contributed by atoms with Gasteiger partial charge in [0.2, 0.25) is 5.91 Å². The highest BCUT2D eigenvalue weighted by atomic mass is 32.1. The summed E-state index contributed by atoms with van der Waals surface area (Å²) >= 11 is 5.46. The molecular formula is C18H23N3OS. The van der Waals surface area contributed by atoms with Crippen molar-refractivity contribution in [1.82, 2.24) is 5.32 Å². The van der Waals surface area contributed by atoms with Gasteiger partial charge in [-0.3, -0.25) is 4.79 Å². The van der Waals surface area contributed by atoms with Gasteiger partial charge in [0.15, 0.2) is 5.11 Å². The zero-order valence-corrected chi connectivity index (χ0v) is 14.1. The smallest absolute Gasteiger partial charge is 0.227 e. The molecule has 2 saturated carbocycles. The van der Waals surface area contributed by atoms with Crippen LogP contribution in [-0.2, 0) is 4.79 Å². The first-order valence-corrected chi connectivity index (χ1v) is 9.08. The monoisotopic (exact) mass is 329 g/mol. The fourth-order valence-electron chi connectivity index (χ4n) is 4.40. The van der Waals surface area contributed by atoms with Crippen LogP contribution in [0.15, 0.2) is 24.3 Å². The van der Waals surface area contributed by atoms with Gasteiger partial charge >= 0.3 is 0 Å². The molecule has 1 aliphatic heterocycles. The first-order valence-electron chi connectivity index (χ1n) is 8.67. The van der Waals surface area contributed by atoms with Crippen LogP contribution in [-0.4, -0.2) is 23.6 Å². The number of hydrogen-bond acceptors (Lipinski definition) is 2. The number of anilines is 2. The minimum absolute atomic E-state index is 0.221. The molecule has 3 fully saturated rings. The SMILES string of the molecule is O=C1CCCN1c1ccc(NC(=S)N[C@@H]2C[C@@H]3CC[C@@H]2C3)cc1. The third kappa shape index (κ3) is 3.07. The van der Waals surface area contributed by atoms with Gasteiger partial charge in [-0.15, -0.1) is 0 Å². The highest BCUT2D eigenvalue weighted by Gasteiger charge is 2.39. The molecule has 3 atom stereocenters. The van der Waals surface area contributed by atoms with Crippen LogP contribution in [0.4, 0.5) is 11.4 Å². The molecule has 0 unspecified atom stereocenters. The first-order chi connectivity index (χ1) is 11.2. The van der Waals surface area contributed by atoms with Gasteiger partial charge in [0.1, 0.15) is 0 Å². The number of hydrogen-bond donors (Lipinski definition) is 2. The van der Waals surface area contributed by atoms with E-state index in [4.69, 9.17) is 12.2 Å². The van der Waals surface area contributed by atoms with Crippen LogP contribution in [0.25, 0.3) is 0 Å². The maximum atomic E-state index is 11.8. The summed E-state index contributed by atoms with van der Waals surface area (Å²) in [5.41, 5.74) is 1.95. The number of nitrogens with zero attached hydrogens (tertiary/aromatic N) is 1. The number of benzene rings is 1. The number of thiocarbonyl (C=S) groups is 1. The Bertz CT molecular complexity index is 615. The Hall–Kier alpha value is -1.62. The van der Waals surface area contributed by atoms with Crippen molar-refractivity contribution in [3.8, 4) is 0 Å². The lowest BCUT2D eigenvalue weighted by molar-refractivity contribution is -0.117. The number of nitrogens with one attached hydrogen (secondary N) is 2. The van der Waals surface area contributed by atoms with Crippen LogP contribution in [0.5, 0.6) is 0 Å². The van der Waals surface area contributed by atoms with Crippen LogP contribution in [0, 0.1) is 11.8 Å². The van der Waals surface area contributed by atoms with Gasteiger partial charge in [-0.1, -0.05) is 6.42 Å². The van der Waals surface area contributed by atoms with E-state index in [1.54, 1.807) is 0 Å². The molecule has 122 valence electrons. The van der Waals surface area contributed by atoms with Crippen molar-refractivity contribution in [3.63, 3.8) is 0 Å². The van der Waals surface area contributed by atoms with Crippen molar-refractivity contribution in [2.45, 2.75) is 44.6 Å². The maximum Gasteiger partial charge on any atom is 0.227 e. The Balaban J connectivity index is 1.33. The van der Waals surface area contributed by atoms with E-state index in [-0.39, 0.29) is 5.91 Å². The van der Waals surface area contributed by atoms with Crippen LogP contribution >= 0.6 is 12.2 Å². The van der Waals surface area contributed by atoms with Gasteiger partial charge < -0.3 is 15.5 Å². The molecule has 3 aliphatic rings. The van der Waals surface area contributed by atoms with Crippen LogP contribution in [0.3, 0.4) is 0 Å². The minimum Gasteiger partial charge on any atom is -0.359 e. The molecule has 0 radical (unpaired) electrons. The molecule has 5 heteroatoms. The third-order valence-electron chi connectivity index (χ3n) is 5.56. The van der Waals surface area contributed by atoms with Crippen LogP contribution < -0.4 is 15.5 Å². The van der Waals surface area contributed by atoms with Crippen molar-refractivity contribution in [1.29, 1.82) is 0 Å². The quantitative estimate of drug-likeness (QED) is 0.835. The van der Waals surface area contributed by atoms with E-state index in [0.29, 0.717) is 17.6 Å². The zero-order valence-electron chi connectivity index (χ0n) is 13.3. The summed E-state index contributed by atoms with van der Waals surface area (Å²) in [6.45, 7) is 0.829. The summed E-state index contributed by atoms with van der Waals surface area (Å²) in [6, 6.07) is 8.53. The first kappa shape index (κ1) is 14.9. The van der Waals surface area contributed by atoms with E-state index in [0.717, 1.165) is 36.2 Å². The van der Waals surface area contributed by atoms with Crippen molar-refractivity contribution in [2.75, 3.05) is 16.8 Å². The molecule has 2 bridgehead atoms. The number of carbonyl (C=O) groups is 1. The van der Waals surface area contributed by atoms with Gasteiger partial charge in [0.05, 0.1) is 0 Å². The number of carbonyl (C=O) groups excluding carboxylic acids is 1. The van der Waals surface area contributed by atoms with Crippen LogP contribution in [0.1, 0.15) is 38.5 Å². The summed E-state index contributed by atoms with van der Waals surface area (Å²) < 4.78 is 0.